The molecule has 0 radical (unpaired) electrons. The van der Waals surface area contributed by atoms with Crippen molar-refractivity contribution in [3.05, 3.63) is 68.8 Å². The molecule has 0 aliphatic heterocycles. The van der Waals surface area contributed by atoms with Crippen LogP contribution in [-0.4, -0.2) is 44.3 Å². The molecule has 0 aromatic heterocycles. The van der Waals surface area contributed by atoms with Crippen LogP contribution in [0.15, 0.2) is 24.3 Å². The molecule has 0 amide bonds. The van der Waals surface area contributed by atoms with Crippen LogP contribution in [0.3, 0.4) is 0 Å². The van der Waals surface area contributed by atoms with Crippen LogP contribution in [0.2, 0.25) is 0 Å². The molecule has 56 heavy (non-hydrogen) atoms. The van der Waals surface area contributed by atoms with E-state index in [-0.39, 0.29) is 22.3 Å². The molecule has 2 rings (SSSR count). The summed E-state index contributed by atoms with van der Waals surface area (Å²) in [6.07, 6.45) is 20.5. The Kier molecular flexibility index (Phi) is 25.0. The van der Waals surface area contributed by atoms with E-state index in [9.17, 15) is 39.6 Å². The summed E-state index contributed by atoms with van der Waals surface area (Å²) in [5.74, 6) is -2.79. The zero-order chi connectivity index (χ0) is 42.2. The highest BCUT2D eigenvalue weighted by Gasteiger charge is 2.27. The standard InChI is InChI=1S/2C24H38O4/c2*1-5-9-11-17(7-3)15-19-13-14-20(23(25)26)22(24(27)28)21(19)16-18(8-4)12-10-6-2/h2*13-14,17-18H,5-12,15-16H2,1-4H3,(H,25,26)(H,27,28). The maximum absolute atomic E-state index is 12.0. The number of hydrogen-bond donors (Lipinski definition) is 4. The lowest BCUT2D eigenvalue weighted by Gasteiger charge is -2.23. The van der Waals surface area contributed by atoms with Crippen molar-refractivity contribution in [1.82, 2.24) is 0 Å². The average molecular weight is 781 g/mol. The highest BCUT2D eigenvalue weighted by Crippen LogP contribution is 2.32. The van der Waals surface area contributed by atoms with E-state index < -0.39 is 23.9 Å². The van der Waals surface area contributed by atoms with E-state index in [1.54, 1.807) is 0 Å². The van der Waals surface area contributed by atoms with Gasteiger partial charge < -0.3 is 20.4 Å². The SMILES string of the molecule is CCCCC(CC)Cc1ccc(C(=O)O)c(C(=O)O)c1CC(CC)CCCC.CCCCC(CC)Cc1ccc(C(=O)O)c(C(=O)O)c1CC(CC)CCCC. The highest BCUT2D eigenvalue weighted by molar-refractivity contribution is 6.04. The molecule has 0 aliphatic carbocycles. The largest absolute Gasteiger partial charge is 0.478 e. The molecule has 0 spiro atoms. The Balaban J connectivity index is 0.000000560. The second-order valence-corrected chi connectivity index (χ2v) is 16.0. The van der Waals surface area contributed by atoms with Gasteiger partial charge in [0.2, 0.25) is 0 Å². The molecule has 0 fully saturated rings. The molecule has 4 atom stereocenters. The topological polar surface area (TPSA) is 149 Å². The van der Waals surface area contributed by atoms with E-state index in [0.29, 0.717) is 36.5 Å². The first kappa shape index (κ1) is 50.3. The van der Waals surface area contributed by atoms with Gasteiger partial charge in [-0.25, -0.2) is 19.2 Å². The van der Waals surface area contributed by atoms with Crippen molar-refractivity contribution < 1.29 is 39.6 Å². The Morgan fingerprint density at radius 3 is 0.893 bits per heavy atom. The van der Waals surface area contributed by atoms with Gasteiger partial charge in [0.15, 0.2) is 0 Å². The number of unbranched alkanes of at least 4 members (excludes halogenated alkanes) is 4. The fourth-order valence-electron chi connectivity index (χ4n) is 8.05. The third-order valence-electron chi connectivity index (χ3n) is 11.9. The average Bonchev–Trinajstić information content (AvgIpc) is 3.18. The molecule has 316 valence electrons. The molecular weight excluding hydrogens is 705 g/mol. The summed E-state index contributed by atoms with van der Waals surface area (Å²) in [4.78, 5) is 47.4. The molecule has 4 N–H and O–H groups in total. The summed E-state index contributed by atoms with van der Waals surface area (Å²) >= 11 is 0. The molecule has 8 nitrogen and oxygen atoms in total. The quantitative estimate of drug-likeness (QED) is 0.0666. The summed E-state index contributed by atoms with van der Waals surface area (Å²) in [5.41, 5.74) is 3.41. The van der Waals surface area contributed by atoms with Gasteiger partial charge in [0.25, 0.3) is 0 Å². The third kappa shape index (κ3) is 16.4. The van der Waals surface area contributed by atoms with E-state index in [4.69, 9.17) is 0 Å². The minimum absolute atomic E-state index is 0.00490. The molecule has 0 heterocycles. The van der Waals surface area contributed by atoms with Crippen molar-refractivity contribution in [1.29, 1.82) is 0 Å². The lowest BCUT2D eigenvalue weighted by atomic mass is 9.82. The number of rotatable bonds is 28. The summed E-state index contributed by atoms with van der Waals surface area (Å²) in [7, 11) is 0. The predicted octanol–water partition coefficient (Wildman–Crippen LogP) is 13.2. The van der Waals surface area contributed by atoms with Gasteiger partial charge in [-0.05, 0) is 83.7 Å². The number of carbonyl (C=O) groups is 4. The molecule has 2 aromatic rings. The molecule has 2 aromatic carbocycles. The predicted molar refractivity (Wildman–Crippen MR) is 229 cm³/mol. The molecule has 0 saturated carbocycles. The van der Waals surface area contributed by atoms with E-state index in [1.165, 1.54) is 25.0 Å². The minimum Gasteiger partial charge on any atom is -0.478 e. The smallest absolute Gasteiger partial charge is 0.336 e. The molecule has 4 unspecified atom stereocenters. The van der Waals surface area contributed by atoms with Gasteiger partial charge in [-0.3, -0.25) is 0 Å². The lowest BCUT2D eigenvalue weighted by molar-refractivity contribution is 0.0650. The number of hydrogen-bond acceptors (Lipinski definition) is 4. The van der Waals surface area contributed by atoms with E-state index in [0.717, 1.165) is 125 Å². The van der Waals surface area contributed by atoms with Crippen LogP contribution >= 0.6 is 0 Å². The van der Waals surface area contributed by atoms with Crippen molar-refractivity contribution in [3.63, 3.8) is 0 Å². The van der Waals surface area contributed by atoms with Crippen molar-refractivity contribution in [3.8, 4) is 0 Å². The van der Waals surface area contributed by atoms with Crippen LogP contribution < -0.4 is 0 Å². The number of carboxylic acid groups (broad SMARTS) is 4. The zero-order valence-electron chi connectivity index (χ0n) is 36.2. The first-order chi connectivity index (χ1) is 26.8. The first-order valence-electron chi connectivity index (χ1n) is 22.0. The van der Waals surface area contributed by atoms with E-state index >= 15 is 0 Å². The van der Waals surface area contributed by atoms with Crippen molar-refractivity contribution in [2.45, 2.75) is 184 Å². The Morgan fingerprint density at radius 1 is 0.411 bits per heavy atom. The monoisotopic (exact) mass is 781 g/mol. The first-order valence-corrected chi connectivity index (χ1v) is 22.0. The summed E-state index contributed by atoms with van der Waals surface area (Å²) < 4.78 is 0. The fraction of sp³-hybridized carbons (Fsp3) is 0.667. The van der Waals surface area contributed by atoms with Gasteiger partial charge in [0.1, 0.15) is 0 Å². The van der Waals surface area contributed by atoms with Crippen molar-refractivity contribution in [2.24, 2.45) is 23.7 Å². The maximum Gasteiger partial charge on any atom is 0.336 e. The molecule has 0 aliphatic rings. The van der Waals surface area contributed by atoms with Gasteiger partial charge >= 0.3 is 23.9 Å². The summed E-state index contributed by atoms with van der Waals surface area (Å²) in [6, 6.07) is 6.72. The fourth-order valence-corrected chi connectivity index (χ4v) is 8.05. The third-order valence-corrected chi connectivity index (χ3v) is 11.9. The Bertz CT molecular complexity index is 1380. The Morgan fingerprint density at radius 2 is 0.679 bits per heavy atom. The second-order valence-electron chi connectivity index (χ2n) is 16.0. The number of aromatic carboxylic acids is 4. The van der Waals surface area contributed by atoms with Crippen molar-refractivity contribution in [2.75, 3.05) is 0 Å². The van der Waals surface area contributed by atoms with Crippen LogP contribution in [0.25, 0.3) is 0 Å². The van der Waals surface area contributed by atoms with Crippen molar-refractivity contribution >= 4 is 23.9 Å². The zero-order valence-corrected chi connectivity index (χ0v) is 36.2. The van der Waals surface area contributed by atoms with Gasteiger partial charge in [-0.2, -0.15) is 0 Å². The van der Waals surface area contributed by atoms with Crippen LogP contribution in [-0.2, 0) is 25.7 Å². The Hall–Kier alpha value is -3.68. The van der Waals surface area contributed by atoms with E-state index in [2.05, 4.69) is 55.4 Å². The minimum atomic E-state index is -1.16. The van der Waals surface area contributed by atoms with Gasteiger partial charge in [0, 0.05) is 0 Å². The Labute approximate surface area is 338 Å². The van der Waals surface area contributed by atoms with E-state index in [1.807, 2.05) is 12.1 Å². The lowest BCUT2D eigenvalue weighted by Crippen LogP contribution is -2.18. The molecule has 0 saturated heterocycles. The van der Waals surface area contributed by atoms with Gasteiger partial charge in [-0.15, -0.1) is 0 Å². The normalized spacial score (nSPS) is 13.3. The highest BCUT2D eigenvalue weighted by atomic mass is 16.4. The van der Waals surface area contributed by atoms with Crippen LogP contribution in [0, 0.1) is 23.7 Å². The van der Waals surface area contributed by atoms with Gasteiger partial charge in [-0.1, -0.05) is 170 Å². The number of benzene rings is 2. The second kappa shape index (κ2) is 27.8. The molecule has 8 heteroatoms. The summed E-state index contributed by atoms with van der Waals surface area (Å²) in [5, 5.41) is 38.8. The molecular formula is C48H76O8. The summed E-state index contributed by atoms with van der Waals surface area (Å²) in [6.45, 7) is 17.3. The van der Waals surface area contributed by atoms with Crippen LogP contribution in [0.4, 0.5) is 0 Å². The van der Waals surface area contributed by atoms with Crippen LogP contribution in [0.1, 0.15) is 222 Å². The van der Waals surface area contributed by atoms with Crippen LogP contribution in [0.5, 0.6) is 0 Å². The number of carboxylic acids is 4. The molecule has 0 bridgehead atoms. The van der Waals surface area contributed by atoms with Gasteiger partial charge in [0.05, 0.1) is 22.3 Å². The maximum atomic E-state index is 12.0.